The molecule has 3 heterocycles. The number of hydrogen-bond donors (Lipinski definition) is 1. The number of para-hydroxylation sites is 1. The Labute approximate surface area is 162 Å². The van der Waals surface area contributed by atoms with Crippen LogP contribution in [-0.4, -0.2) is 38.1 Å². The van der Waals surface area contributed by atoms with E-state index in [2.05, 4.69) is 22.4 Å². The second kappa shape index (κ2) is 7.08. The Bertz CT molecular complexity index is 978. The lowest BCUT2D eigenvalue weighted by Crippen LogP contribution is -2.33. The van der Waals surface area contributed by atoms with Crippen LogP contribution >= 0.6 is 11.6 Å². The van der Waals surface area contributed by atoms with E-state index in [4.69, 9.17) is 11.6 Å². The molecule has 2 aromatic heterocycles. The molecule has 0 bridgehead atoms. The zero-order valence-electron chi connectivity index (χ0n) is 15.3. The van der Waals surface area contributed by atoms with Crippen LogP contribution in [0.1, 0.15) is 19.0 Å². The van der Waals surface area contributed by atoms with Gasteiger partial charge in [-0.1, -0.05) is 30.7 Å². The van der Waals surface area contributed by atoms with E-state index in [1.165, 1.54) is 0 Å². The van der Waals surface area contributed by atoms with E-state index in [1.807, 2.05) is 42.2 Å². The fourth-order valence-electron chi connectivity index (χ4n) is 3.47. The number of carbonyl (C=O) groups excluding carboxylic acids is 1. The van der Waals surface area contributed by atoms with Gasteiger partial charge in [0.2, 0.25) is 5.91 Å². The number of aromatic nitrogens is 4. The fraction of sp³-hybridized carbons (Fsp3) is 0.316. The Morgan fingerprint density at radius 3 is 2.78 bits per heavy atom. The number of nitrogens with one attached hydrogen (secondary N) is 1. The molecule has 27 heavy (non-hydrogen) atoms. The molecule has 4 rings (SSSR count). The summed E-state index contributed by atoms with van der Waals surface area (Å²) in [6.07, 6.45) is 6.83. The van der Waals surface area contributed by atoms with Crippen LogP contribution in [0.15, 0.2) is 42.9 Å². The Kier molecular flexibility index (Phi) is 4.61. The van der Waals surface area contributed by atoms with Crippen LogP contribution in [0.5, 0.6) is 0 Å². The highest BCUT2D eigenvalue weighted by atomic mass is 35.5. The zero-order chi connectivity index (χ0) is 19.0. The van der Waals surface area contributed by atoms with E-state index >= 15 is 0 Å². The molecule has 1 aliphatic rings. The number of rotatable bonds is 5. The van der Waals surface area contributed by atoms with Crippen molar-refractivity contribution in [3.63, 3.8) is 0 Å². The first-order chi connectivity index (χ1) is 13.1. The van der Waals surface area contributed by atoms with Crippen LogP contribution in [0.4, 0.5) is 11.4 Å². The largest absolute Gasteiger partial charge is 0.371 e. The first-order valence-corrected chi connectivity index (χ1v) is 9.34. The molecule has 1 unspecified atom stereocenters. The van der Waals surface area contributed by atoms with E-state index in [0.717, 1.165) is 35.6 Å². The van der Waals surface area contributed by atoms with Crippen LogP contribution in [0.25, 0.3) is 5.69 Å². The number of halogens is 1. The molecule has 1 N–H and O–H groups in total. The highest BCUT2D eigenvalue weighted by molar-refractivity contribution is 6.32. The molecule has 1 saturated heterocycles. The van der Waals surface area contributed by atoms with Gasteiger partial charge < -0.3 is 10.2 Å². The molecule has 0 saturated carbocycles. The van der Waals surface area contributed by atoms with Gasteiger partial charge in [0.05, 0.1) is 40.2 Å². The summed E-state index contributed by atoms with van der Waals surface area (Å²) in [4.78, 5) is 14.6. The highest BCUT2D eigenvalue weighted by Gasteiger charge is 2.33. The van der Waals surface area contributed by atoms with Crippen LogP contribution in [0.3, 0.4) is 0 Å². The lowest BCUT2D eigenvalue weighted by Gasteiger charge is -2.16. The average Bonchev–Trinajstić information content (AvgIpc) is 3.35. The smallest absolute Gasteiger partial charge is 0.249 e. The van der Waals surface area contributed by atoms with Crippen molar-refractivity contribution < 1.29 is 4.79 Å². The standard InChI is InChI=1S/C19H21ClN6O/c1-3-17-16(11-22-26(17)18-7-5-4-6-14(18)20)23-15-8-9-25(19(15)27)13-10-21-24(2)12-13/h4-7,10-12,15,23H,3,8-9H2,1-2H3. The minimum Gasteiger partial charge on any atom is -0.371 e. The normalized spacial score (nSPS) is 16.9. The topological polar surface area (TPSA) is 68.0 Å². The SMILES string of the molecule is CCc1c(NC2CCN(c3cnn(C)c3)C2=O)cnn1-c1ccccc1Cl. The van der Waals surface area contributed by atoms with Gasteiger partial charge in [-0.3, -0.25) is 9.48 Å². The predicted octanol–water partition coefficient (Wildman–Crippen LogP) is 3.04. The summed E-state index contributed by atoms with van der Waals surface area (Å²) in [6.45, 7) is 2.73. The second-order valence-electron chi connectivity index (χ2n) is 6.57. The lowest BCUT2D eigenvalue weighted by atomic mass is 10.2. The van der Waals surface area contributed by atoms with Crippen molar-refractivity contribution in [2.24, 2.45) is 7.05 Å². The first-order valence-electron chi connectivity index (χ1n) is 8.97. The van der Waals surface area contributed by atoms with Crippen molar-refractivity contribution in [1.82, 2.24) is 19.6 Å². The molecule has 0 aliphatic carbocycles. The quantitative estimate of drug-likeness (QED) is 0.734. The van der Waals surface area contributed by atoms with E-state index in [-0.39, 0.29) is 11.9 Å². The number of carbonyl (C=O) groups is 1. The molecule has 1 aromatic carbocycles. The third-order valence-corrected chi connectivity index (χ3v) is 5.14. The van der Waals surface area contributed by atoms with Gasteiger partial charge >= 0.3 is 0 Å². The Hall–Kier alpha value is -2.80. The van der Waals surface area contributed by atoms with Crippen LogP contribution in [0.2, 0.25) is 5.02 Å². The third-order valence-electron chi connectivity index (χ3n) is 4.82. The van der Waals surface area contributed by atoms with Crippen molar-refractivity contribution in [3.8, 4) is 5.69 Å². The maximum absolute atomic E-state index is 12.8. The minimum absolute atomic E-state index is 0.0514. The number of aryl methyl sites for hydroxylation is 1. The molecular formula is C19H21ClN6O. The van der Waals surface area contributed by atoms with Gasteiger partial charge in [-0.25, -0.2) is 4.68 Å². The number of anilines is 2. The summed E-state index contributed by atoms with van der Waals surface area (Å²) in [6, 6.07) is 7.33. The molecule has 1 amide bonds. The third kappa shape index (κ3) is 3.19. The van der Waals surface area contributed by atoms with Gasteiger partial charge in [0.15, 0.2) is 0 Å². The molecule has 3 aromatic rings. The Morgan fingerprint density at radius 2 is 2.07 bits per heavy atom. The second-order valence-corrected chi connectivity index (χ2v) is 6.98. The van der Waals surface area contributed by atoms with Crippen molar-refractivity contribution >= 4 is 28.9 Å². The molecule has 1 aliphatic heterocycles. The summed E-state index contributed by atoms with van der Waals surface area (Å²) >= 11 is 6.33. The van der Waals surface area contributed by atoms with Gasteiger partial charge in [0, 0.05) is 19.8 Å². The molecule has 1 atom stereocenters. The number of amides is 1. The molecular weight excluding hydrogens is 364 g/mol. The van der Waals surface area contributed by atoms with Crippen molar-refractivity contribution in [2.75, 3.05) is 16.8 Å². The highest BCUT2D eigenvalue weighted by Crippen LogP contribution is 2.28. The Morgan fingerprint density at radius 1 is 1.26 bits per heavy atom. The first kappa shape index (κ1) is 17.6. The van der Waals surface area contributed by atoms with E-state index < -0.39 is 0 Å². The monoisotopic (exact) mass is 384 g/mol. The average molecular weight is 385 g/mol. The molecule has 1 fully saturated rings. The van der Waals surface area contributed by atoms with E-state index in [1.54, 1.807) is 22.0 Å². The Balaban J connectivity index is 1.57. The molecule has 7 nitrogen and oxygen atoms in total. The summed E-state index contributed by atoms with van der Waals surface area (Å²) in [5, 5.41) is 12.7. The fourth-order valence-corrected chi connectivity index (χ4v) is 3.69. The number of nitrogens with zero attached hydrogens (tertiary/aromatic N) is 5. The predicted molar refractivity (Wildman–Crippen MR) is 106 cm³/mol. The van der Waals surface area contributed by atoms with Gasteiger partial charge in [-0.05, 0) is 25.0 Å². The molecule has 8 heteroatoms. The minimum atomic E-state index is -0.278. The maximum atomic E-state index is 12.8. The number of hydrogen-bond acceptors (Lipinski definition) is 4. The van der Waals surface area contributed by atoms with Gasteiger partial charge in [0.25, 0.3) is 0 Å². The van der Waals surface area contributed by atoms with Crippen molar-refractivity contribution in [3.05, 3.63) is 53.6 Å². The van der Waals surface area contributed by atoms with E-state index in [9.17, 15) is 4.79 Å². The zero-order valence-corrected chi connectivity index (χ0v) is 16.0. The summed E-state index contributed by atoms with van der Waals surface area (Å²) < 4.78 is 3.54. The van der Waals surface area contributed by atoms with Gasteiger partial charge in [-0.2, -0.15) is 10.2 Å². The molecule has 140 valence electrons. The van der Waals surface area contributed by atoms with Crippen LogP contribution in [0, 0.1) is 0 Å². The van der Waals surface area contributed by atoms with Crippen LogP contribution in [-0.2, 0) is 18.3 Å². The van der Waals surface area contributed by atoms with Gasteiger partial charge in [0.1, 0.15) is 6.04 Å². The van der Waals surface area contributed by atoms with Crippen molar-refractivity contribution in [1.29, 1.82) is 0 Å². The maximum Gasteiger partial charge on any atom is 0.249 e. The van der Waals surface area contributed by atoms with Crippen molar-refractivity contribution in [2.45, 2.75) is 25.8 Å². The summed E-state index contributed by atoms with van der Waals surface area (Å²) in [5.74, 6) is 0.0514. The van der Waals surface area contributed by atoms with Gasteiger partial charge in [-0.15, -0.1) is 0 Å². The summed E-state index contributed by atoms with van der Waals surface area (Å²) in [5.41, 5.74) is 3.52. The summed E-state index contributed by atoms with van der Waals surface area (Å²) in [7, 11) is 1.84. The van der Waals surface area contributed by atoms with Crippen LogP contribution < -0.4 is 10.2 Å². The lowest BCUT2D eigenvalue weighted by molar-refractivity contribution is -0.117. The van der Waals surface area contributed by atoms with E-state index in [0.29, 0.717) is 11.6 Å². The number of benzene rings is 1. The molecule has 0 radical (unpaired) electrons. The molecule has 0 spiro atoms.